The van der Waals surface area contributed by atoms with E-state index in [-0.39, 0.29) is 23.7 Å². The van der Waals surface area contributed by atoms with Crippen LogP contribution in [0.3, 0.4) is 0 Å². The molecule has 2 unspecified atom stereocenters. The molecule has 26 heavy (non-hydrogen) atoms. The molecule has 2 rings (SSSR count). The molecule has 0 saturated carbocycles. The van der Waals surface area contributed by atoms with Crippen molar-refractivity contribution in [2.45, 2.75) is 39.2 Å². The molecule has 5 heteroatoms. The maximum Gasteiger partial charge on any atom is 0.227 e. The summed E-state index contributed by atoms with van der Waals surface area (Å²) in [7, 11) is 0. The summed E-state index contributed by atoms with van der Waals surface area (Å²) in [5.74, 6) is -0.715. The van der Waals surface area contributed by atoms with E-state index in [9.17, 15) is 9.18 Å². The van der Waals surface area contributed by atoms with Crippen LogP contribution in [-0.2, 0) is 11.2 Å². The molecule has 4 nitrogen and oxygen atoms in total. The monoisotopic (exact) mass is 357 g/mol. The molecule has 2 atom stereocenters. The van der Waals surface area contributed by atoms with Gasteiger partial charge in [-0.2, -0.15) is 0 Å². The fourth-order valence-corrected chi connectivity index (χ4v) is 3.16. The number of hydrogen-bond acceptors (Lipinski definition) is 3. The number of benzene rings is 1. The zero-order chi connectivity index (χ0) is 18.9. The second-order valence-corrected chi connectivity index (χ2v) is 6.48. The van der Waals surface area contributed by atoms with Gasteiger partial charge in [0.05, 0.1) is 5.92 Å². The zero-order valence-corrected chi connectivity index (χ0v) is 15.8. The third-order valence-corrected chi connectivity index (χ3v) is 4.76. The second kappa shape index (κ2) is 10.0. The number of hydrogen-bond donors (Lipinski definition) is 1. The Morgan fingerprint density at radius 1 is 1.19 bits per heavy atom. The number of rotatable bonds is 9. The summed E-state index contributed by atoms with van der Waals surface area (Å²) in [4.78, 5) is 19.3. The molecule has 1 aromatic carbocycles. The summed E-state index contributed by atoms with van der Waals surface area (Å²) in [5, 5.41) is 3.07. The number of nitrogens with one attached hydrogen (secondary N) is 1. The van der Waals surface area contributed by atoms with E-state index in [1.54, 1.807) is 24.5 Å². The Balaban J connectivity index is 2.12. The van der Waals surface area contributed by atoms with Crippen molar-refractivity contribution >= 4 is 5.91 Å². The highest BCUT2D eigenvalue weighted by molar-refractivity contribution is 5.84. The minimum Gasteiger partial charge on any atom is -0.354 e. The van der Waals surface area contributed by atoms with Crippen LogP contribution in [0.25, 0.3) is 0 Å². The molecule has 1 N–H and O–H groups in total. The minimum absolute atomic E-state index is 0.0422. The summed E-state index contributed by atoms with van der Waals surface area (Å²) in [6.07, 6.45) is 4.01. The molecule has 0 aliphatic rings. The van der Waals surface area contributed by atoms with Crippen LogP contribution in [0.15, 0.2) is 48.8 Å². The van der Waals surface area contributed by atoms with Gasteiger partial charge in [-0.1, -0.05) is 32.0 Å². The predicted octanol–water partition coefficient (Wildman–Crippen LogP) is 3.39. The van der Waals surface area contributed by atoms with Crippen molar-refractivity contribution in [3.8, 4) is 0 Å². The van der Waals surface area contributed by atoms with Crippen LogP contribution in [0.4, 0.5) is 4.39 Å². The quantitative estimate of drug-likeness (QED) is 0.748. The van der Waals surface area contributed by atoms with Crippen LogP contribution in [0.1, 0.15) is 37.8 Å². The van der Waals surface area contributed by atoms with Crippen LogP contribution in [0, 0.1) is 5.82 Å². The van der Waals surface area contributed by atoms with Crippen LogP contribution in [0.5, 0.6) is 0 Å². The summed E-state index contributed by atoms with van der Waals surface area (Å²) in [6, 6.07) is 10.2. The Hall–Kier alpha value is -2.27. The van der Waals surface area contributed by atoms with Gasteiger partial charge in [-0.3, -0.25) is 14.7 Å². The van der Waals surface area contributed by atoms with Gasteiger partial charge in [-0.15, -0.1) is 0 Å². The van der Waals surface area contributed by atoms with E-state index in [0.29, 0.717) is 13.0 Å². The highest BCUT2D eigenvalue weighted by atomic mass is 19.1. The Labute approximate surface area is 155 Å². The third kappa shape index (κ3) is 5.63. The molecule has 0 fully saturated rings. The van der Waals surface area contributed by atoms with Gasteiger partial charge in [0, 0.05) is 25.0 Å². The first kappa shape index (κ1) is 20.0. The molecule has 1 heterocycles. The first-order valence-electron chi connectivity index (χ1n) is 9.21. The summed E-state index contributed by atoms with van der Waals surface area (Å²) < 4.78 is 13.3. The van der Waals surface area contributed by atoms with Crippen molar-refractivity contribution in [3.63, 3.8) is 0 Å². The van der Waals surface area contributed by atoms with Gasteiger partial charge < -0.3 is 5.32 Å². The van der Waals surface area contributed by atoms with Gasteiger partial charge in [0.15, 0.2) is 0 Å². The van der Waals surface area contributed by atoms with E-state index in [2.05, 4.69) is 36.0 Å². The highest BCUT2D eigenvalue weighted by Crippen LogP contribution is 2.21. The van der Waals surface area contributed by atoms with Crippen LogP contribution in [0.2, 0.25) is 0 Å². The molecule has 2 aromatic rings. The summed E-state index contributed by atoms with van der Waals surface area (Å²) in [5.41, 5.74) is 1.79. The normalized spacial score (nSPS) is 13.4. The lowest BCUT2D eigenvalue weighted by atomic mass is 9.91. The number of carbonyl (C=O) groups is 1. The standard InChI is InChI=1S/C21H28FN3O/c1-4-25(5-2)16(3)14-24-21(26)20(13-17-7-6-12-23-15-17)18-8-10-19(22)11-9-18/h6-12,15-16,20H,4-5,13-14H2,1-3H3,(H,24,26). The van der Waals surface area contributed by atoms with Crippen molar-refractivity contribution < 1.29 is 9.18 Å². The van der Waals surface area contributed by atoms with Crippen molar-refractivity contribution in [1.29, 1.82) is 0 Å². The first-order chi connectivity index (χ1) is 12.5. The Morgan fingerprint density at radius 2 is 1.88 bits per heavy atom. The SMILES string of the molecule is CCN(CC)C(C)CNC(=O)C(Cc1cccnc1)c1ccc(F)cc1. The average molecular weight is 357 g/mol. The Kier molecular flexibility index (Phi) is 7.73. The molecular formula is C21H28FN3O. The maximum atomic E-state index is 13.3. The van der Waals surface area contributed by atoms with Gasteiger partial charge in [0.25, 0.3) is 0 Å². The van der Waals surface area contributed by atoms with Gasteiger partial charge in [0.2, 0.25) is 5.91 Å². The second-order valence-electron chi connectivity index (χ2n) is 6.48. The fourth-order valence-electron chi connectivity index (χ4n) is 3.16. The summed E-state index contributed by atoms with van der Waals surface area (Å²) in [6.45, 7) is 8.83. The van der Waals surface area contributed by atoms with Crippen molar-refractivity contribution in [2.75, 3.05) is 19.6 Å². The molecule has 0 spiro atoms. The average Bonchev–Trinajstić information content (AvgIpc) is 2.67. The van der Waals surface area contributed by atoms with Crippen LogP contribution < -0.4 is 5.32 Å². The van der Waals surface area contributed by atoms with E-state index in [1.807, 2.05) is 12.1 Å². The maximum absolute atomic E-state index is 13.3. The van der Waals surface area contributed by atoms with E-state index >= 15 is 0 Å². The van der Waals surface area contributed by atoms with Gasteiger partial charge in [0.1, 0.15) is 5.82 Å². The number of nitrogens with zero attached hydrogens (tertiary/aromatic N) is 2. The molecule has 1 aromatic heterocycles. The lowest BCUT2D eigenvalue weighted by Gasteiger charge is -2.27. The largest absolute Gasteiger partial charge is 0.354 e. The fraction of sp³-hybridized carbons (Fsp3) is 0.429. The lowest BCUT2D eigenvalue weighted by molar-refractivity contribution is -0.122. The zero-order valence-electron chi connectivity index (χ0n) is 15.8. The molecule has 1 amide bonds. The van der Waals surface area contributed by atoms with E-state index in [4.69, 9.17) is 0 Å². The van der Waals surface area contributed by atoms with E-state index in [1.165, 1.54) is 12.1 Å². The van der Waals surface area contributed by atoms with Crippen LogP contribution in [-0.4, -0.2) is 41.5 Å². The lowest BCUT2D eigenvalue weighted by Crippen LogP contribution is -2.43. The molecule has 0 bridgehead atoms. The number of halogens is 1. The Bertz CT molecular complexity index is 671. The molecule has 0 saturated heterocycles. The molecule has 140 valence electrons. The molecule has 0 radical (unpaired) electrons. The molecule has 0 aliphatic carbocycles. The number of carbonyl (C=O) groups excluding carboxylic acids is 1. The van der Waals surface area contributed by atoms with E-state index < -0.39 is 0 Å². The van der Waals surface area contributed by atoms with Gasteiger partial charge >= 0.3 is 0 Å². The number of amides is 1. The van der Waals surface area contributed by atoms with E-state index in [0.717, 1.165) is 24.2 Å². The van der Waals surface area contributed by atoms with Crippen molar-refractivity contribution in [3.05, 3.63) is 65.7 Å². The van der Waals surface area contributed by atoms with Gasteiger partial charge in [-0.05, 0) is 55.8 Å². The summed E-state index contributed by atoms with van der Waals surface area (Å²) >= 11 is 0. The molecular weight excluding hydrogens is 329 g/mol. The topological polar surface area (TPSA) is 45.2 Å². The van der Waals surface area contributed by atoms with Crippen molar-refractivity contribution in [2.24, 2.45) is 0 Å². The van der Waals surface area contributed by atoms with Crippen molar-refractivity contribution in [1.82, 2.24) is 15.2 Å². The number of likely N-dealkylation sites (N-methyl/N-ethyl adjacent to an activating group) is 1. The van der Waals surface area contributed by atoms with Crippen LogP contribution >= 0.6 is 0 Å². The number of pyridine rings is 1. The molecule has 0 aliphatic heterocycles. The smallest absolute Gasteiger partial charge is 0.227 e. The third-order valence-electron chi connectivity index (χ3n) is 4.76. The minimum atomic E-state index is -0.372. The Morgan fingerprint density at radius 3 is 2.46 bits per heavy atom. The number of aromatic nitrogens is 1. The predicted molar refractivity (Wildman–Crippen MR) is 102 cm³/mol. The van der Waals surface area contributed by atoms with Gasteiger partial charge in [-0.25, -0.2) is 4.39 Å². The highest BCUT2D eigenvalue weighted by Gasteiger charge is 2.22. The first-order valence-corrected chi connectivity index (χ1v) is 9.21.